The van der Waals surface area contributed by atoms with E-state index >= 15 is 0 Å². The number of rotatable bonds is 3. The summed E-state index contributed by atoms with van der Waals surface area (Å²) in [6.07, 6.45) is 1.37. The Morgan fingerprint density at radius 1 is 1.27 bits per heavy atom. The molecule has 5 heteroatoms. The molecule has 1 heterocycles. The first-order valence-corrected chi connectivity index (χ1v) is 7.25. The highest BCUT2D eigenvalue weighted by Gasteiger charge is 2.24. The summed E-state index contributed by atoms with van der Waals surface area (Å²) >= 11 is 0. The molecule has 0 spiro atoms. The van der Waals surface area contributed by atoms with Crippen LogP contribution in [0.4, 0.5) is 14.9 Å². The van der Waals surface area contributed by atoms with Crippen molar-refractivity contribution in [2.45, 2.75) is 12.8 Å². The second kappa shape index (κ2) is 6.05. The number of carbonyl (C=O) groups is 1. The fourth-order valence-corrected chi connectivity index (χ4v) is 2.68. The molecule has 0 aliphatic carbocycles. The molecule has 0 fully saturated rings. The Morgan fingerprint density at radius 3 is 2.95 bits per heavy atom. The van der Waals surface area contributed by atoms with Gasteiger partial charge in [-0.25, -0.2) is 9.18 Å². The Hall–Kier alpha value is -2.56. The molecule has 0 radical (unpaired) electrons. The van der Waals surface area contributed by atoms with E-state index in [0.717, 1.165) is 17.5 Å². The fourth-order valence-electron chi connectivity index (χ4n) is 2.68. The van der Waals surface area contributed by atoms with Crippen LogP contribution in [-0.2, 0) is 12.8 Å². The summed E-state index contributed by atoms with van der Waals surface area (Å²) < 4.78 is 13.3. The lowest BCUT2D eigenvalue weighted by Gasteiger charge is -2.18. The molecule has 3 rings (SSSR count). The summed E-state index contributed by atoms with van der Waals surface area (Å²) in [6.45, 7) is 1.03. The standard InChI is InChI=1S/C17H17FN2O2/c18-14-5-4-13-7-9-20(16(13)11-14)17(22)19-8-6-12-2-1-3-15(21)10-12/h1-5,10-11,21H,6-9H2,(H,19,22). The van der Waals surface area contributed by atoms with Crippen molar-refractivity contribution in [2.75, 3.05) is 18.0 Å². The molecule has 0 unspecified atom stereocenters. The molecule has 22 heavy (non-hydrogen) atoms. The predicted molar refractivity (Wildman–Crippen MR) is 82.7 cm³/mol. The van der Waals surface area contributed by atoms with Crippen LogP contribution >= 0.6 is 0 Å². The highest BCUT2D eigenvalue weighted by Crippen LogP contribution is 2.28. The number of nitrogens with zero attached hydrogens (tertiary/aromatic N) is 1. The Balaban J connectivity index is 1.59. The zero-order chi connectivity index (χ0) is 15.5. The van der Waals surface area contributed by atoms with Crippen LogP contribution in [0.5, 0.6) is 5.75 Å². The van der Waals surface area contributed by atoms with Gasteiger partial charge in [-0.3, -0.25) is 4.90 Å². The van der Waals surface area contributed by atoms with E-state index < -0.39 is 0 Å². The fraction of sp³-hybridized carbons (Fsp3) is 0.235. The van der Waals surface area contributed by atoms with Crippen LogP contribution in [0.1, 0.15) is 11.1 Å². The summed E-state index contributed by atoms with van der Waals surface area (Å²) in [5.41, 5.74) is 2.59. The molecule has 2 amide bonds. The van der Waals surface area contributed by atoms with E-state index in [4.69, 9.17) is 0 Å². The Morgan fingerprint density at radius 2 is 2.14 bits per heavy atom. The number of carbonyl (C=O) groups excluding carboxylic acids is 1. The zero-order valence-electron chi connectivity index (χ0n) is 12.1. The number of fused-ring (bicyclic) bond motifs is 1. The van der Waals surface area contributed by atoms with Crippen molar-refractivity contribution in [1.82, 2.24) is 5.32 Å². The normalized spacial score (nSPS) is 13.0. The maximum Gasteiger partial charge on any atom is 0.321 e. The second-order valence-electron chi connectivity index (χ2n) is 5.33. The summed E-state index contributed by atoms with van der Waals surface area (Å²) in [4.78, 5) is 13.8. The van der Waals surface area contributed by atoms with E-state index in [9.17, 15) is 14.3 Å². The third kappa shape index (κ3) is 3.03. The van der Waals surface area contributed by atoms with Gasteiger partial charge in [-0.1, -0.05) is 18.2 Å². The number of anilines is 1. The highest BCUT2D eigenvalue weighted by molar-refractivity contribution is 5.94. The predicted octanol–water partition coefficient (Wildman–Crippen LogP) is 2.85. The van der Waals surface area contributed by atoms with Crippen LogP contribution in [0.25, 0.3) is 0 Å². The SMILES string of the molecule is O=C(NCCc1cccc(O)c1)N1CCc2ccc(F)cc21. The molecule has 2 aromatic rings. The van der Waals surface area contributed by atoms with Crippen molar-refractivity contribution >= 4 is 11.7 Å². The van der Waals surface area contributed by atoms with Gasteiger partial charge >= 0.3 is 6.03 Å². The largest absolute Gasteiger partial charge is 0.508 e. The maximum atomic E-state index is 13.3. The smallest absolute Gasteiger partial charge is 0.321 e. The van der Waals surface area contributed by atoms with Gasteiger partial charge in [-0.2, -0.15) is 0 Å². The van der Waals surface area contributed by atoms with E-state index in [-0.39, 0.29) is 17.6 Å². The molecule has 1 aliphatic heterocycles. The van der Waals surface area contributed by atoms with Crippen LogP contribution in [-0.4, -0.2) is 24.2 Å². The molecule has 0 bridgehead atoms. The third-order valence-corrected chi connectivity index (χ3v) is 3.79. The average molecular weight is 300 g/mol. The van der Waals surface area contributed by atoms with Crippen molar-refractivity contribution in [3.63, 3.8) is 0 Å². The summed E-state index contributed by atoms with van der Waals surface area (Å²) in [5.74, 6) is -0.119. The third-order valence-electron chi connectivity index (χ3n) is 3.79. The van der Waals surface area contributed by atoms with Gasteiger partial charge in [0.2, 0.25) is 0 Å². The summed E-state index contributed by atoms with van der Waals surface area (Å²) in [7, 11) is 0. The van der Waals surface area contributed by atoms with Gasteiger partial charge in [-0.05, 0) is 48.2 Å². The minimum Gasteiger partial charge on any atom is -0.508 e. The lowest BCUT2D eigenvalue weighted by Crippen LogP contribution is -2.39. The van der Waals surface area contributed by atoms with Crippen LogP contribution in [0.15, 0.2) is 42.5 Å². The molecule has 0 saturated carbocycles. The monoisotopic (exact) mass is 300 g/mol. The van der Waals surface area contributed by atoms with Gasteiger partial charge < -0.3 is 10.4 Å². The molecule has 0 aromatic heterocycles. The minimum atomic E-state index is -0.335. The molecule has 114 valence electrons. The molecule has 1 aliphatic rings. The Bertz CT molecular complexity index is 703. The number of halogens is 1. The first-order chi connectivity index (χ1) is 10.6. The number of phenols is 1. The molecule has 0 atom stereocenters. The number of phenolic OH excluding ortho intramolecular Hbond substituents is 1. The van der Waals surface area contributed by atoms with Crippen molar-refractivity contribution < 1.29 is 14.3 Å². The van der Waals surface area contributed by atoms with Gasteiger partial charge in [0.05, 0.1) is 5.69 Å². The van der Waals surface area contributed by atoms with Crippen LogP contribution in [0.2, 0.25) is 0 Å². The second-order valence-corrected chi connectivity index (χ2v) is 5.33. The van der Waals surface area contributed by atoms with Gasteiger partial charge in [-0.15, -0.1) is 0 Å². The topological polar surface area (TPSA) is 52.6 Å². The van der Waals surface area contributed by atoms with Crippen LogP contribution in [0, 0.1) is 5.82 Å². The highest BCUT2D eigenvalue weighted by atomic mass is 19.1. The van der Waals surface area contributed by atoms with E-state index in [0.29, 0.717) is 25.2 Å². The summed E-state index contributed by atoms with van der Waals surface area (Å²) in [5, 5.41) is 12.2. The van der Waals surface area contributed by atoms with Gasteiger partial charge in [0, 0.05) is 13.1 Å². The number of urea groups is 1. The van der Waals surface area contributed by atoms with E-state index in [1.807, 2.05) is 6.07 Å². The first kappa shape index (κ1) is 14.4. The lowest BCUT2D eigenvalue weighted by atomic mass is 10.1. The molecule has 0 saturated heterocycles. The minimum absolute atomic E-state index is 0.216. The number of amides is 2. The van der Waals surface area contributed by atoms with Crippen molar-refractivity contribution in [2.24, 2.45) is 0 Å². The lowest BCUT2D eigenvalue weighted by molar-refractivity contribution is 0.247. The molecule has 2 N–H and O–H groups in total. The zero-order valence-corrected chi connectivity index (χ0v) is 12.1. The van der Waals surface area contributed by atoms with Crippen LogP contribution in [0.3, 0.4) is 0 Å². The van der Waals surface area contributed by atoms with E-state index in [1.54, 1.807) is 29.2 Å². The van der Waals surface area contributed by atoms with Crippen molar-refractivity contribution in [3.05, 3.63) is 59.4 Å². The summed E-state index contributed by atoms with van der Waals surface area (Å²) in [6, 6.07) is 11.3. The van der Waals surface area contributed by atoms with Gasteiger partial charge in [0.25, 0.3) is 0 Å². The van der Waals surface area contributed by atoms with E-state index in [1.165, 1.54) is 12.1 Å². The first-order valence-electron chi connectivity index (χ1n) is 7.25. The molecular weight excluding hydrogens is 283 g/mol. The maximum absolute atomic E-state index is 13.3. The van der Waals surface area contributed by atoms with Crippen LogP contribution < -0.4 is 10.2 Å². The van der Waals surface area contributed by atoms with Crippen molar-refractivity contribution in [3.8, 4) is 5.75 Å². The number of nitrogens with one attached hydrogen (secondary N) is 1. The quantitative estimate of drug-likeness (QED) is 0.916. The Kier molecular flexibility index (Phi) is 3.96. The van der Waals surface area contributed by atoms with Gasteiger partial charge in [0.1, 0.15) is 11.6 Å². The van der Waals surface area contributed by atoms with Gasteiger partial charge in [0.15, 0.2) is 0 Å². The van der Waals surface area contributed by atoms with Crippen molar-refractivity contribution in [1.29, 1.82) is 0 Å². The average Bonchev–Trinajstić information content (AvgIpc) is 2.90. The number of hydrogen-bond acceptors (Lipinski definition) is 2. The molecule has 2 aromatic carbocycles. The van der Waals surface area contributed by atoms with E-state index in [2.05, 4.69) is 5.32 Å². The number of hydrogen-bond donors (Lipinski definition) is 2. The molecular formula is C17H17FN2O2. The Labute approximate surface area is 128 Å². The molecule has 4 nitrogen and oxygen atoms in total. The number of aromatic hydroxyl groups is 1. The number of benzene rings is 2.